The van der Waals surface area contributed by atoms with Crippen molar-refractivity contribution in [3.63, 3.8) is 0 Å². The quantitative estimate of drug-likeness (QED) is 0.758. The molecule has 0 aliphatic heterocycles. The van der Waals surface area contributed by atoms with Gasteiger partial charge in [0.25, 0.3) is 0 Å². The summed E-state index contributed by atoms with van der Waals surface area (Å²) < 4.78 is 5.61. The molecule has 3 rings (SSSR count). The Bertz CT molecular complexity index is 718. The van der Waals surface area contributed by atoms with E-state index in [4.69, 9.17) is 4.74 Å². The molecule has 0 fully saturated rings. The van der Waals surface area contributed by atoms with Crippen molar-refractivity contribution in [3.8, 4) is 5.75 Å². The van der Waals surface area contributed by atoms with Gasteiger partial charge in [0.05, 0.1) is 6.61 Å². The molecule has 1 aromatic heterocycles. The van der Waals surface area contributed by atoms with Crippen molar-refractivity contribution in [2.24, 2.45) is 0 Å². The summed E-state index contributed by atoms with van der Waals surface area (Å²) in [6.07, 6.45) is 1.19. The van der Waals surface area contributed by atoms with Crippen LogP contribution in [-0.2, 0) is 0 Å². The summed E-state index contributed by atoms with van der Waals surface area (Å²) in [6.45, 7) is 2.52. The van der Waals surface area contributed by atoms with E-state index in [-0.39, 0.29) is 0 Å². The lowest BCUT2D eigenvalue weighted by Gasteiger charge is -2.16. The largest absolute Gasteiger partial charge is 0.493 e. The Morgan fingerprint density at radius 1 is 1.05 bits per heavy atom. The van der Waals surface area contributed by atoms with Crippen LogP contribution in [0.3, 0.4) is 0 Å². The van der Waals surface area contributed by atoms with E-state index in [1.165, 1.54) is 0 Å². The van der Waals surface area contributed by atoms with Crippen molar-refractivity contribution in [1.82, 2.24) is 4.98 Å². The molecule has 3 aromatic rings. The van der Waals surface area contributed by atoms with Gasteiger partial charge >= 0.3 is 0 Å². The van der Waals surface area contributed by atoms with Crippen molar-refractivity contribution in [1.29, 1.82) is 0 Å². The second-order valence-corrected chi connectivity index (χ2v) is 4.66. The van der Waals surface area contributed by atoms with Crippen LogP contribution < -0.4 is 4.74 Å². The van der Waals surface area contributed by atoms with Gasteiger partial charge in [0.15, 0.2) is 0 Å². The summed E-state index contributed by atoms with van der Waals surface area (Å²) in [7, 11) is 0. The number of para-hydroxylation sites is 1. The highest BCUT2D eigenvalue weighted by Crippen LogP contribution is 2.33. The van der Waals surface area contributed by atoms with Gasteiger partial charge in [-0.05, 0) is 30.7 Å². The zero-order chi connectivity index (χ0) is 13.9. The van der Waals surface area contributed by atoms with Gasteiger partial charge in [-0.2, -0.15) is 0 Å². The molecule has 0 aliphatic carbocycles. The van der Waals surface area contributed by atoms with Crippen molar-refractivity contribution in [3.05, 3.63) is 65.9 Å². The molecule has 1 heterocycles. The fourth-order valence-electron chi connectivity index (χ4n) is 2.51. The summed E-state index contributed by atoms with van der Waals surface area (Å²) in [5.74, 6) is 0.732. The molecule has 1 unspecified atom stereocenters. The number of fused-ring (bicyclic) bond motifs is 1. The maximum Gasteiger partial charge on any atom is 0.125 e. The maximum atomic E-state index is 10.7. The Morgan fingerprint density at radius 3 is 2.70 bits per heavy atom. The van der Waals surface area contributed by atoms with E-state index in [9.17, 15) is 5.11 Å². The Labute approximate surface area is 117 Å². The predicted molar refractivity (Wildman–Crippen MR) is 80.0 cm³/mol. The predicted octanol–water partition coefficient (Wildman–Crippen LogP) is 3.65. The van der Waals surface area contributed by atoms with Gasteiger partial charge in [-0.3, -0.25) is 0 Å². The Hall–Kier alpha value is -2.26. The first-order chi connectivity index (χ1) is 9.81. The van der Waals surface area contributed by atoms with Crippen LogP contribution in [0.1, 0.15) is 24.2 Å². The smallest absolute Gasteiger partial charge is 0.125 e. The van der Waals surface area contributed by atoms with Crippen molar-refractivity contribution in [2.45, 2.75) is 13.0 Å². The number of ether oxygens (including phenoxy) is 1. The van der Waals surface area contributed by atoms with Gasteiger partial charge in [-0.15, -0.1) is 0 Å². The molecule has 2 aromatic carbocycles. The van der Waals surface area contributed by atoms with Gasteiger partial charge in [0.1, 0.15) is 11.9 Å². The van der Waals surface area contributed by atoms with Crippen LogP contribution in [0.4, 0.5) is 0 Å². The summed E-state index contributed by atoms with van der Waals surface area (Å²) in [5.41, 5.74) is 2.70. The first-order valence-electron chi connectivity index (χ1n) is 6.77. The standard InChI is InChI=1S/C17H17NO2/c1-2-20-16-9-4-3-6-14(16)17(19)13-7-5-8-15-12(13)10-11-18-15/h3-11,17-19H,2H2,1H3. The number of rotatable bonds is 4. The average Bonchev–Trinajstić information content (AvgIpc) is 2.96. The van der Waals surface area contributed by atoms with E-state index < -0.39 is 6.10 Å². The summed E-state index contributed by atoms with van der Waals surface area (Å²) in [4.78, 5) is 3.16. The SMILES string of the molecule is CCOc1ccccc1C(O)c1cccc2[nH]ccc12. The molecule has 0 aliphatic rings. The van der Waals surface area contributed by atoms with E-state index >= 15 is 0 Å². The normalized spacial score (nSPS) is 12.5. The van der Waals surface area contributed by atoms with Crippen LogP contribution in [0.2, 0.25) is 0 Å². The molecule has 3 nitrogen and oxygen atoms in total. The van der Waals surface area contributed by atoms with Crippen LogP contribution in [0, 0.1) is 0 Å². The molecule has 0 amide bonds. The highest BCUT2D eigenvalue weighted by atomic mass is 16.5. The van der Waals surface area contributed by atoms with Gasteiger partial charge < -0.3 is 14.8 Å². The minimum Gasteiger partial charge on any atom is -0.493 e. The number of aromatic amines is 1. The molecule has 3 heteroatoms. The number of aliphatic hydroxyl groups excluding tert-OH is 1. The van der Waals surface area contributed by atoms with Gasteiger partial charge in [0.2, 0.25) is 0 Å². The highest BCUT2D eigenvalue weighted by molar-refractivity contribution is 5.83. The fraction of sp³-hybridized carbons (Fsp3) is 0.176. The third-order valence-corrected chi connectivity index (χ3v) is 3.44. The monoisotopic (exact) mass is 267 g/mol. The lowest BCUT2D eigenvalue weighted by molar-refractivity contribution is 0.213. The second kappa shape index (κ2) is 5.39. The highest BCUT2D eigenvalue weighted by Gasteiger charge is 2.17. The molecule has 2 N–H and O–H groups in total. The summed E-state index contributed by atoms with van der Waals surface area (Å²) in [5, 5.41) is 11.8. The third kappa shape index (κ3) is 2.17. The number of aromatic nitrogens is 1. The lowest BCUT2D eigenvalue weighted by atomic mass is 9.98. The first-order valence-corrected chi connectivity index (χ1v) is 6.77. The molecular weight excluding hydrogens is 250 g/mol. The van der Waals surface area contributed by atoms with Crippen LogP contribution in [-0.4, -0.2) is 16.7 Å². The number of nitrogens with one attached hydrogen (secondary N) is 1. The van der Waals surface area contributed by atoms with E-state index in [1.807, 2.05) is 61.7 Å². The molecule has 20 heavy (non-hydrogen) atoms. The number of H-pyrrole nitrogens is 1. The number of aliphatic hydroxyl groups is 1. The Kier molecular flexibility index (Phi) is 3.44. The van der Waals surface area contributed by atoms with E-state index in [0.717, 1.165) is 27.8 Å². The average molecular weight is 267 g/mol. The van der Waals surface area contributed by atoms with Gasteiger partial charge in [-0.1, -0.05) is 30.3 Å². The van der Waals surface area contributed by atoms with Gasteiger partial charge in [-0.25, -0.2) is 0 Å². The van der Waals surface area contributed by atoms with E-state index in [2.05, 4.69) is 4.98 Å². The van der Waals surface area contributed by atoms with E-state index in [0.29, 0.717) is 6.61 Å². The minimum absolute atomic E-state index is 0.581. The van der Waals surface area contributed by atoms with Crippen LogP contribution in [0.15, 0.2) is 54.7 Å². The Balaban J connectivity index is 2.08. The first kappa shape index (κ1) is 12.8. The molecular formula is C17H17NO2. The van der Waals surface area contributed by atoms with Gasteiger partial charge in [0, 0.05) is 22.7 Å². The topological polar surface area (TPSA) is 45.2 Å². The third-order valence-electron chi connectivity index (χ3n) is 3.44. The molecule has 0 saturated heterocycles. The molecule has 0 saturated carbocycles. The zero-order valence-corrected chi connectivity index (χ0v) is 11.3. The van der Waals surface area contributed by atoms with Crippen molar-refractivity contribution < 1.29 is 9.84 Å². The number of hydrogen-bond acceptors (Lipinski definition) is 2. The second-order valence-electron chi connectivity index (χ2n) is 4.66. The number of hydrogen-bond donors (Lipinski definition) is 2. The van der Waals surface area contributed by atoms with Crippen molar-refractivity contribution >= 4 is 10.9 Å². The van der Waals surface area contributed by atoms with Crippen LogP contribution in [0.5, 0.6) is 5.75 Å². The zero-order valence-electron chi connectivity index (χ0n) is 11.3. The van der Waals surface area contributed by atoms with Crippen LogP contribution >= 0.6 is 0 Å². The molecule has 1 atom stereocenters. The number of benzene rings is 2. The molecule has 0 bridgehead atoms. The van der Waals surface area contributed by atoms with E-state index in [1.54, 1.807) is 0 Å². The maximum absolute atomic E-state index is 10.7. The summed E-state index contributed by atoms with van der Waals surface area (Å²) >= 11 is 0. The fourth-order valence-corrected chi connectivity index (χ4v) is 2.51. The van der Waals surface area contributed by atoms with Crippen LogP contribution in [0.25, 0.3) is 10.9 Å². The summed E-state index contributed by atoms with van der Waals surface area (Å²) in [6, 6.07) is 15.5. The molecule has 0 spiro atoms. The lowest BCUT2D eigenvalue weighted by Crippen LogP contribution is -2.04. The van der Waals surface area contributed by atoms with Crippen molar-refractivity contribution in [2.75, 3.05) is 6.61 Å². The molecule has 102 valence electrons. The Morgan fingerprint density at radius 2 is 1.85 bits per heavy atom. The minimum atomic E-state index is -0.697. The molecule has 0 radical (unpaired) electrons.